The third-order valence-electron chi connectivity index (χ3n) is 2.32. The van der Waals surface area contributed by atoms with Gasteiger partial charge in [0.15, 0.2) is 0 Å². The lowest BCUT2D eigenvalue weighted by Crippen LogP contribution is -1.92. The van der Waals surface area contributed by atoms with Crippen molar-refractivity contribution in [3.05, 3.63) is 66.2 Å². The Hall–Kier alpha value is -2.06. The van der Waals surface area contributed by atoms with E-state index in [9.17, 15) is 0 Å². The van der Waals surface area contributed by atoms with Crippen molar-refractivity contribution in [3.63, 3.8) is 0 Å². The van der Waals surface area contributed by atoms with Crippen molar-refractivity contribution >= 4 is 6.08 Å². The molecule has 0 aliphatic carbocycles. The SMILES string of the molecule is NC/C=C/c1ccccc1Oc1ccccc1. The molecule has 0 atom stereocenters. The third-order valence-corrected chi connectivity index (χ3v) is 2.32. The van der Waals surface area contributed by atoms with Crippen LogP contribution in [0.2, 0.25) is 0 Å². The van der Waals surface area contributed by atoms with E-state index in [1.807, 2.05) is 66.7 Å². The molecule has 0 heterocycles. The van der Waals surface area contributed by atoms with Crippen LogP contribution < -0.4 is 10.5 Å². The molecule has 0 aliphatic heterocycles. The Labute approximate surface area is 101 Å². The maximum atomic E-state index is 5.81. The second-order valence-electron chi connectivity index (χ2n) is 3.59. The van der Waals surface area contributed by atoms with Crippen molar-refractivity contribution in [2.75, 3.05) is 6.54 Å². The molecule has 0 saturated carbocycles. The van der Waals surface area contributed by atoms with Gasteiger partial charge in [-0.1, -0.05) is 48.6 Å². The first-order valence-electron chi connectivity index (χ1n) is 5.58. The van der Waals surface area contributed by atoms with Crippen LogP contribution in [0.3, 0.4) is 0 Å². The Morgan fingerprint density at radius 3 is 2.41 bits per heavy atom. The topological polar surface area (TPSA) is 35.2 Å². The van der Waals surface area contributed by atoms with Crippen LogP contribution in [0.15, 0.2) is 60.7 Å². The van der Waals surface area contributed by atoms with E-state index >= 15 is 0 Å². The molecule has 0 radical (unpaired) electrons. The summed E-state index contributed by atoms with van der Waals surface area (Å²) in [7, 11) is 0. The van der Waals surface area contributed by atoms with Gasteiger partial charge in [0.1, 0.15) is 11.5 Å². The van der Waals surface area contributed by atoms with Gasteiger partial charge in [-0.25, -0.2) is 0 Å². The summed E-state index contributed by atoms with van der Waals surface area (Å²) in [6.45, 7) is 0.527. The van der Waals surface area contributed by atoms with Crippen LogP contribution in [0, 0.1) is 0 Å². The average Bonchev–Trinajstić information content (AvgIpc) is 2.39. The van der Waals surface area contributed by atoms with Crippen LogP contribution in [0.5, 0.6) is 11.5 Å². The molecule has 0 aromatic heterocycles. The summed E-state index contributed by atoms with van der Waals surface area (Å²) < 4.78 is 5.81. The molecule has 0 aliphatic rings. The lowest BCUT2D eigenvalue weighted by Gasteiger charge is -2.08. The molecule has 2 aromatic carbocycles. The average molecular weight is 225 g/mol. The zero-order chi connectivity index (χ0) is 11.9. The molecule has 2 aromatic rings. The molecule has 0 fully saturated rings. The second-order valence-corrected chi connectivity index (χ2v) is 3.59. The van der Waals surface area contributed by atoms with Gasteiger partial charge in [-0.05, 0) is 18.2 Å². The second kappa shape index (κ2) is 5.87. The number of nitrogens with two attached hydrogens (primary N) is 1. The van der Waals surface area contributed by atoms with Crippen molar-refractivity contribution in [3.8, 4) is 11.5 Å². The van der Waals surface area contributed by atoms with E-state index in [4.69, 9.17) is 10.5 Å². The summed E-state index contributed by atoms with van der Waals surface area (Å²) >= 11 is 0. The lowest BCUT2D eigenvalue weighted by atomic mass is 10.2. The fourth-order valence-corrected chi connectivity index (χ4v) is 1.52. The van der Waals surface area contributed by atoms with Gasteiger partial charge in [0, 0.05) is 12.1 Å². The Kier molecular flexibility index (Phi) is 3.95. The van der Waals surface area contributed by atoms with E-state index in [1.165, 1.54) is 0 Å². The van der Waals surface area contributed by atoms with Crippen molar-refractivity contribution in [1.82, 2.24) is 0 Å². The van der Waals surface area contributed by atoms with Crippen molar-refractivity contribution < 1.29 is 4.74 Å². The van der Waals surface area contributed by atoms with Gasteiger partial charge in [-0.15, -0.1) is 0 Å². The third kappa shape index (κ3) is 3.20. The molecule has 2 N–H and O–H groups in total. The van der Waals surface area contributed by atoms with E-state index in [0.717, 1.165) is 17.1 Å². The Morgan fingerprint density at radius 2 is 1.65 bits per heavy atom. The van der Waals surface area contributed by atoms with Crippen molar-refractivity contribution in [2.45, 2.75) is 0 Å². The van der Waals surface area contributed by atoms with Gasteiger partial charge in [0.2, 0.25) is 0 Å². The van der Waals surface area contributed by atoms with Crippen molar-refractivity contribution in [1.29, 1.82) is 0 Å². The highest BCUT2D eigenvalue weighted by atomic mass is 16.5. The number of benzene rings is 2. The molecule has 17 heavy (non-hydrogen) atoms. The van der Waals surface area contributed by atoms with Gasteiger partial charge in [0.05, 0.1) is 0 Å². The molecule has 0 spiro atoms. The Balaban J connectivity index is 2.23. The maximum Gasteiger partial charge on any atom is 0.134 e. The summed E-state index contributed by atoms with van der Waals surface area (Å²) in [6, 6.07) is 17.6. The highest BCUT2D eigenvalue weighted by molar-refractivity contribution is 5.58. The fourth-order valence-electron chi connectivity index (χ4n) is 1.52. The summed E-state index contributed by atoms with van der Waals surface area (Å²) in [6.07, 6.45) is 3.88. The standard InChI is InChI=1S/C15H15NO/c16-12-6-8-13-7-4-5-11-15(13)17-14-9-2-1-3-10-14/h1-11H,12,16H2/b8-6+. The van der Waals surface area contributed by atoms with E-state index in [-0.39, 0.29) is 0 Å². The lowest BCUT2D eigenvalue weighted by molar-refractivity contribution is 0.481. The van der Waals surface area contributed by atoms with Gasteiger partial charge < -0.3 is 10.5 Å². The van der Waals surface area contributed by atoms with Gasteiger partial charge >= 0.3 is 0 Å². The summed E-state index contributed by atoms with van der Waals surface area (Å²) in [5.74, 6) is 1.67. The van der Waals surface area contributed by atoms with Crippen LogP contribution in [-0.4, -0.2) is 6.54 Å². The number of hydrogen-bond acceptors (Lipinski definition) is 2. The van der Waals surface area contributed by atoms with Crippen molar-refractivity contribution in [2.24, 2.45) is 5.73 Å². The molecule has 0 saturated heterocycles. The highest BCUT2D eigenvalue weighted by Gasteiger charge is 2.00. The van der Waals surface area contributed by atoms with Gasteiger partial charge in [0.25, 0.3) is 0 Å². The molecule has 2 nitrogen and oxygen atoms in total. The first-order chi connectivity index (χ1) is 8.40. The number of para-hydroxylation sites is 2. The van der Waals surface area contributed by atoms with E-state index in [0.29, 0.717) is 6.54 Å². The Bertz CT molecular complexity index is 491. The van der Waals surface area contributed by atoms with Crippen LogP contribution in [0.25, 0.3) is 6.08 Å². The number of hydrogen-bond donors (Lipinski definition) is 1. The van der Waals surface area contributed by atoms with Crippen LogP contribution >= 0.6 is 0 Å². The number of rotatable bonds is 4. The first-order valence-corrected chi connectivity index (χ1v) is 5.58. The Morgan fingerprint density at radius 1 is 0.941 bits per heavy atom. The van der Waals surface area contributed by atoms with E-state index < -0.39 is 0 Å². The van der Waals surface area contributed by atoms with Crippen LogP contribution in [0.1, 0.15) is 5.56 Å². The zero-order valence-electron chi connectivity index (χ0n) is 9.54. The van der Waals surface area contributed by atoms with Gasteiger partial charge in [-0.2, -0.15) is 0 Å². The quantitative estimate of drug-likeness (QED) is 0.865. The maximum absolute atomic E-state index is 5.81. The largest absolute Gasteiger partial charge is 0.457 e. The fraction of sp³-hybridized carbons (Fsp3) is 0.0667. The minimum atomic E-state index is 0.527. The molecule has 0 amide bonds. The molecule has 0 bridgehead atoms. The van der Waals surface area contributed by atoms with E-state index in [2.05, 4.69) is 0 Å². The molecular weight excluding hydrogens is 210 g/mol. The minimum absolute atomic E-state index is 0.527. The molecule has 2 heteroatoms. The van der Waals surface area contributed by atoms with Gasteiger partial charge in [-0.3, -0.25) is 0 Å². The van der Waals surface area contributed by atoms with Crippen LogP contribution in [-0.2, 0) is 0 Å². The summed E-state index contributed by atoms with van der Waals surface area (Å²) in [5.41, 5.74) is 6.48. The van der Waals surface area contributed by atoms with E-state index in [1.54, 1.807) is 0 Å². The molecule has 0 unspecified atom stereocenters. The zero-order valence-corrected chi connectivity index (χ0v) is 9.54. The highest BCUT2D eigenvalue weighted by Crippen LogP contribution is 2.25. The monoisotopic (exact) mass is 225 g/mol. The smallest absolute Gasteiger partial charge is 0.134 e. The number of ether oxygens (including phenoxy) is 1. The predicted molar refractivity (Wildman–Crippen MR) is 71.0 cm³/mol. The predicted octanol–water partition coefficient (Wildman–Crippen LogP) is 3.45. The first kappa shape index (κ1) is 11.4. The van der Waals surface area contributed by atoms with Crippen LogP contribution in [0.4, 0.5) is 0 Å². The molecular formula is C15H15NO. The normalized spacial score (nSPS) is 10.6. The summed E-state index contributed by atoms with van der Waals surface area (Å²) in [4.78, 5) is 0. The molecule has 86 valence electrons. The summed E-state index contributed by atoms with van der Waals surface area (Å²) in [5, 5.41) is 0. The molecule has 2 rings (SSSR count). The minimum Gasteiger partial charge on any atom is -0.457 e.